The molecule has 0 spiro atoms. The number of benzene rings is 1. The van der Waals surface area contributed by atoms with Crippen LogP contribution in [-0.2, 0) is 6.18 Å². The third-order valence-electron chi connectivity index (χ3n) is 2.87. The molecule has 0 saturated heterocycles. The normalized spacial score (nSPS) is 13.6. The van der Waals surface area contributed by atoms with Crippen molar-refractivity contribution < 1.29 is 22.3 Å². The van der Waals surface area contributed by atoms with E-state index in [4.69, 9.17) is 4.74 Å². The molecule has 0 heterocycles. The highest BCUT2D eigenvalue weighted by Gasteiger charge is 2.34. The first-order valence-electron chi connectivity index (χ1n) is 6.49. The van der Waals surface area contributed by atoms with E-state index < -0.39 is 17.6 Å². The van der Waals surface area contributed by atoms with Crippen LogP contribution in [0.25, 0.3) is 0 Å². The average Bonchev–Trinajstić information content (AvgIpc) is 2.34. The lowest BCUT2D eigenvalue weighted by molar-refractivity contribution is -0.140. The fourth-order valence-electron chi connectivity index (χ4n) is 1.67. The number of nitrogens with one attached hydrogen (secondary N) is 1. The molecule has 0 saturated carbocycles. The zero-order chi connectivity index (χ0) is 15.3. The first-order valence-corrected chi connectivity index (χ1v) is 6.49. The molecule has 0 aliphatic rings. The number of hydrogen-bond donors (Lipinski definition) is 1. The minimum absolute atomic E-state index is 0.0235. The van der Waals surface area contributed by atoms with Crippen LogP contribution in [0.4, 0.5) is 17.6 Å². The molecular formula is C14H19F4NO. The van der Waals surface area contributed by atoms with E-state index in [9.17, 15) is 17.6 Å². The van der Waals surface area contributed by atoms with Crippen molar-refractivity contribution in [2.24, 2.45) is 5.92 Å². The molecule has 0 amide bonds. The summed E-state index contributed by atoms with van der Waals surface area (Å²) in [5.41, 5.74) is -1.30. The van der Waals surface area contributed by atoms with Crippen LogP contribution in [0.5, 0.6) is 5.75 Å². The Morgan fingerprint density at radius 2 is 1.90 bits per heavy atom. The maximum Gasteiger partial charge on any atom is 0.419 e. The number of likely N-dealkylation sites (N-methyl/N-ethyl adjacent to an activating group) is 1. The van der Waals surface area contributed by atoms with Gasteiger partial charge < -0.3 is 10.1 Å². The molecule has 0 fully saturated rings. The molecular weight excluding hydrogens is 274 g/mol. The highest BCUT2D eigenvalue weighted by Crippen LogP contribution is 2.34. The highest BCUT2D eigenvalue weighted by molar-refractivity contribution is 5.31. The van der Waals surface area contributed by atoms with Gasteiger partial charge in [0.05, 0.1) is 5.56 Å². The molecule has 1 unspecified atom stereocenters. The Hall–Kier alpha value is -1.30. The Balaban J connectivity index is 2.91. The lowest BCUT2D eigenvalue weighted by atomic mass is 10.1. The molecule has 0 aromatic heterocycles. The van der Waals surface area contributed by atoms with Gasteiger partial charge in [-0.15, -0.1) is 0 Å². The Labute approximate surface area is 116 Å². The Morgan fingerprint density at radius 1 is 1.25 bits per heavy atom. The van der Waals surface area contributed by atoms with Gasteiger partial charge in [0.1, 0.15) is 17.7 Å². The van der Waals surface area contributed by atoms with E-state index in [1.54, 1.807) is 0 Å². The van der Waals surface area contributed by atoms with E-state index in [1.807, 2.05) is 20.8 Å². The predicted octanol–water partition coefficient (Wildman–Crippen LogP) is 3.86. The fraction of sp³-hybridized carbons (Fsp3) is 0.571. The smallest absolute Gasteiger partial charge is 0.419 e. The molecule has 0 bridgehead atoms. The Morgan fingerprint density at radius 3 is 2.40 bits per heavy atom. The van der Waals surface area contributed by atoms with Crippen LogP contribution in [0.2, 0.25) is 0 Å². The lowest BCUT2D eigenvalue weighted by Crippen LogP contribution is -2.35. The molecule has 0 aliphatic heterocycles. The summed E-state index contributed by atoms with van der Waals surface area (Å²) in [7, 11) is 0. The third-order valence-corrected chi connectivity index (χ3v) is 2.87. The number of ether oxygens (including phenoxy) is 1. The zero-order valence-corrected chi connectivity index (χ0v) is 11.7. The summed E-state index contributed by atoms with van der Waals surface area (Å²) in [5.74, 6) is -1.15. The van der Waals surface area contributed by atoms with Gasteiger partial charge in [-0.3, -0.25) is 0 Å². The van der Waals surface area contributed by atoms with Crippen LogP contribution >= 0.6 is 0 Å². The second-order valence-corrected chi connectivity index (χ2v) is 4.85. The largest absolute Gasteiger partial charge is 0.489 e. The Bertz CT molecular complexity index is 432. The summed E-state index contributed by atoms with van der Waals surface area (Å²) in [6, 6.07) is 2.70. The second kappa shape index (κ2) is 6.92. The molecule has 1 aromatic rings. The van der Waals surface area contributed by atoms with Crippen LogP contribution in [-0.4, -0.2) is 19.2 Å². The van der Waals surface area contributed by atoms with Gasteiger partial charge in [-0.1, -0.05) is 20.8 Å². The summed E-state index contributed by atoms with van der Waals surface area (Å²) in [5, 5.41) is 3.08. The van der Waals surface area contributed by atoms with Crippen molar-refractivity contribution in [2.45, 2.75) is 33.1 Å². The number of rotatable bonds is 6. The van der Waals surface area contributed by atoms with E-state index >= 15 is 0 Å². The first-order chi connectivity index (χ1) is 9.25. The third kappa shape index (κ3) is 4.67. The van der Waals surface area contributed by atoms with Crippen molar-refractivity contribution in [1.29, 1.82) is 0 Å². The van der Waals surface area contributed by atoms with Crippen molar-refractivity contribution in [1.82, 2.24) is 5.32 Å². The summed E-state index contributed by atoms with van der Waals surface area (Å²) < 4.78 is 56.6. The summed E-state index contributed by atoms with van der Waals surface area (Å²) in [6.45, 7) is 7.01. The lowest BCUT2D eigenvalue weighted by Gasteiger charge is -2.23. The van der Waals surface area contributed by atoms with Gasteiger partial charge in [-0.2, -0.15) is 13.2 Å². The molecule has 20 heavy (non-hydrogen) atoms. The van der Waals surface area contributed by atoms with Crippen molar-refractivity contribution in [3.8, 4) is 5.75 Å². The summed E-state index contributed by atoms with van der Waals surface area (Å²) in [4.78, 5) is 0. The van der Waals surface area contributed by atoms with E-state index in [0.29, 0.717) is 12.6 Å². The van der Waals surface area contributed by atoms with Crippen LogP contribution < -0.4 is 10.1 Å². The zero-order valence-electron chi connectivity index (χ0n) is 11.7. The van der Waals surface area contributed by atoms with Gasteiger partial charge in [0, 0.05) is 6.54 Å². The van der Waals surface area contributed by atoms with Gasteiger partial charge in [0.25, 0.3) is 0 Å². The minimum Gasteiger partial charge on any atom is -0.489 e. The monoisotopic (exact) mass is 293 g/mol. The van der Waals surface area contributed by atoms with Crippen molar-refractivity contribution in [3.05, 3.63) is 29.6 Å². The maximum atomic E-state index is 13.2. The van der Waals surface area contributed by atoms with E-state index in [2.05, 4.69) is 5.32 Å². The Kier molecular flexibility index (Phi) is 5.80. The van der Waals surface area contributed by atoms with Gasteiger partial charge in [0.15, 0.2) is 0 Å². The van der Waals surface area contributed by atoms with E-state index in [-0.39, 0.29) is 17.8 Å². The first kappa shape index (κ1) is 16.8. The fourth-order valence-corrected chi connectivity index (χ4v) is 1.67. The van der Waals surface area contributed by atoms with E-state index in [0.717, 1.165) is 12.6 Å². The molecule has 1 aromatic carbocycles. The van der Waals surface area contributed by atoms with Crippen molar-refractivity contribution in [3.63, 3.8) is 0 Å². The van der Waals surface area contributed by atoms with Gasteiger partial charge >= 0.3 is 6.18 Å². The topological polar surface area (TPSA) is 21.3 Å². The molecule has 1 rings (SSSR count). The summed E-state index contributed by atoms with van der Waals surface area (Å²) in [6.07, 6.45) is -5.00. The predicted molar refractivity (Wildman–Crippen MR) is 69.2 cm³/mol. The average molecular weight is 293 g/mol. The summed E-state index contributed by atoms with van der Waals surface area (Å²) >= 11 is 0. The van der Waals surface area contributed by atoms with Crippen LogP contribution in [0.15, 0.2) is 18.2 Å². The highest BCUT2D eigenvalue weighted by atomic mass is 19.4. The number of halogens is 4. The van der Waals surface area contributed by atoms with Crippen LogP contribution in [0, 0.1) is 11.7 Å². The molecule has 0 radical (unpaired) electrons. The maximum absolute atomic E-state index is 13.2. The number of alkyl halides is 3. The molecule has 1 N–H and O–H groups in total. The standard InChI is InChI=1S/C14H19F4NO/c1-4-19-8-13(9(2)3)20-10-5-6-12(15)11(7-10)14(16,17)18/h5-7,9,13,19H,4,8H2,1-3H3. The molecule has 0 aliphatic carbocycles. The quantitative estimate of drug-likeness (QED) is 0.804. The number of hydrogen-bond acceptors (Lipinski definition) is 2. The molecule has 114 valence electrons. The van der Waals surface area contributed by atoms with Crippen molar-refractivity contribution in [2.75, 3.05) is 13.1 Å². The van der Waals surface area contributed by atoms with E-state index in [1.165, 1.54) is 6.07 Å². The van der Waals surface area contributed by atoms with Crippen LogP contribution in [0.3, 0.4) is 0 Å². The van der Waals surface area contributed by atoms with Crippen LogP contribution in [0.1, 0.15) is 26.3 Å². The molecule has 2 nitrogen and oxygen atoms in total. The molecule has 6 heteroatoms. The van der Waals surface area contributed by atoms with Gasteiger partial charge in [-0.05, 0) is 30.7 Å². The van der Waals surface area contributed by atoms with Crippen molar-refractivity contribution >= 4 is 0 Å². The van der Waals surface area contributed by atoms with Gasteiger partial charge in [0.2, 0.25) is 0 Å². The SMILES string of the molecule is CCNCC(Oc1ccc(F)c(C(F)(F)F)c1)C(C)C. The minimum atomic E-state index is -4.72. The van der Waals surface area contributed by atoms with Gasteiger partial charge in [-0.25, -0.2) is 4.39 Å². The molecule has 1 atom stereocenters. The second-order valence-electron chi connectivity index (χ2n) is 4.85.